The normalized spacial score (nSPS) is 38.6. The van der Waals surface area contributed by atoms with Crippen molar-refractivity contribution in [1.82, 2.24) is 0 Å². The number of fused-ring (bicyclic) bond motifs is 1. The third-order valence-electron chi connectivity index (χ3n) is 7.55. The molecule has 2 aromatic rings. The molecule has 5 rings (SSSR count). The van der Waals surface area contributed by atoms with Gasteiger partial charge < -0.3 is 0 Å². The molecule has 0 heterocycles. The van der Waals surface area contributed by atoms with Gasteiger partial charge in [-0.2, -0.15) is 10.5 Å². The van der Waals surface area contributed by atoms with E-state index in [4.69, 9.17) is 0 Å². The summed E-state index contributed by atoms with van der Waals surface area (Å²) in [5, 5.41) is 20.3. The first-order valence-electron chi connectivity index (χ1n) is 8.92. The summed E-state index contributed by atoms with van der Waals surface area (Å²) in [6.45, 7) is 4.34. The third kappa shape index (κ3) is 1.18. The van der Waals surface area contributed by atoms with Crippen LogP contribution in [0.4, 0.5) is 0 Å². The van der Waals surface area contributed by atoms with Gasteiger partial charge in [0.15, 0.2) is 0 Å². The smallest absolute Gasteiger partial charge is 0.0974 e. The molecule has 0 saturated heterocycles. The van der Waals surface area contributed by atoms with Crippen molar-refractivity contribution < 1.29 is 0 Å². The van der Waals surface area contributed by atoms with Crippen molar-refractivity contribution in [3.05, 3.63) is 89.5 Å². The van der Waals surface area contributed by atoms with Crippen molar-refractivity contribution in [1.29, 1.82) is 10.5 Å². The van der Waals surface area contributed by atoms with Crippen LogP contribution < -0.4 is 0 Å². The van der Waals surface area contributed by atoms with Gasteiger partial charge in [-0.05, 0) is 16.7 Å². The van der Waals surface area contributed by atoms with E-state index in [9.17, 15) is 10.5 Å². The van der Waals surface area contributed by atoms with Crippen LogP contribution in [0.3, 0.4) is 0 Å². The molecule has 1 fully saturated rings. The Bertz CT molecular complexity index is 1080. The number of benzene rings is 2. The summed E-state index contributed by atoms with van der Waals surface area (Å²) in [6, 6.07) is 25.5. The Hall–Kier alpha value is -3.10. The molecule has 4 atom stereocenters. The molecule has 1 unspecified atom stereocenters. The van der Waals surface area contributed by atoms with Gasteiger partial charge in [0.2, 0.25) is 0 Å². The van der Waals surface area contributed by atoms with Gasteiger partial charge in [0.1, 0.15) is 0 Å². The first kappa shape index (κ1) is 15.2. The zero-order valence-corrected chi connectivity index (χ0v) is 14.8. The second kappa shape index (κ2) is 4.35. The highest BCUT2D eigenvalue weighted by Crippen LogP contribution is 2.94. The summed E-state index contributed by atoms with van der Waals surface area (Å²) in [5.41, 5.74) is 2.28. The van der Waals surface area contributed by atoms with E-state index in [1.54, 1.807) is 0 Å². The molecule has 2 aromatic carbocycles. The Balaban J connectivity index is 1.85. The Kier molecular flexibility index (Phi) is 2.54. The zero-order valence-electron chi connectivity index (χ0n) is 14.8. The average molecular weight is 334 g/mol. The van der Waals surface area contributed by atoms with Gasteiger partial charge in [-0.3, -0.25) is 0 Å². The molecule has 0 amide bonds. The van der Waals surface area contributed by atoms with Crippen molar-refractivity contribution in [3.8, 4) is 12.1 Å². The quantitative estimate of drug-likeness (QED) is 0.774. The summed E-state index contributed by atoms with van der Waals surface area (Å²) in [7, 11) is 0. The molecule has 0 spiro atoms. The average Bonchev–Trinajstić information content (AvgIpc) is 3.01. The summed E-state index contributed by atoms with van der Waals surface area (Å²) in [5.74, 6) is 0. The Morgan fingerprint density at radius 1 is 0.808 bits per heavy atom. The summed E-state index contributed by atoms with van der Waals surface area (Å²) in [6.07, 6.45) is 4.26. The van der Waals surface area contributed by atoms with Gasteiger partial charge in [0, 0.05) is 21.8 Å². The molecule has 2 heteroatoms. The van der Waals surface area contributed by atoms with Crippen LogP contribution in [-0.4, -0.2) is 0 Å². The second-order valence-corrected chi connectivity index (χ2v) is 7.94. The topological polar surface area (TPSA) is 47.6 Å². The van der Waals surface area contributed by atoms with Crippen LogP contribution in [0.25, 0.3) is 5.57 Å². The highest BCUT2D eigenvalue weighted by Gasteiger charge is 2.95. The third-order valence-corrected chi connectivity index (χ3v) is 7.55. The minimum atomic E-state index is -0.609. The van der Waals surface area contributed by atoms with Crippen molar-refractivity contribution in [2.45, 2.75) is 19.3 Å². The molecule has 3 aliphatic carbocycles. The molecule has 124 valence electrons. The van der Waals surface area contributed by atoms with E-state index >= 15 is 0 Å². The number of nitrogens with zero attached hydrogens (tertiary/aromatic N) is 2. The number of rotatable bonds is 2. The first-order valence-corrected chi connectivity index (χ1v) is 8.92. The first-order chi connectivity index (χ1) is 12.5. The van der Waals surface area contributed by atoms with Gasteiger partial charge in [-0.15, -0.1) is 0 Å². The molecular formula is C24H18N2. The van der Waals surface area contributed by atoms with Crippen LogP contribution in [0.1, 0.15) is 25.0 Å². The highest BCUT2D eigenvalue weighted by molar-refractivity contribution is 5.90. The van der Waals surface area contributed by atoms with Gasteiger partial charge in [0.05, 0.1) is 17.6 Å². The minimum absolute atomic E-state index is 0.348. The molecule has 26 heavy (non-hydrogen) atoms. The predicted molar refractivity (Wildman–Crippen MR) is 100 cm³/mol. The fourth-order valence-electron chi connectivity index (χ4n) is 6.15. The second-order valence-electron chi connectivity index (χ2n) is 7.94. The Morgan fingerprint density at radius 2 is 1.42 bits per heavy atom. The number of hydrogen-bond acceptors (Lipinski definition) is 2. The molecule has 0 radical (unpaired) electrons. The number of nitriles is 2. The Labute approximate surface area is 153 Å². The van der Waals surface area contributed by atoms with Crippen LogP contribution in [0.2, 0.25) is 0 Å². The molecular weight excluding hydrogens is 316 g/mol. The molecule has 3 aliphatic rings. The fraction of sp³-hybridized carbons (Fsp3) is 0.250. The van der Waals surface area contributed by atoms with Crippen molar-refractivity contribution in [3.63, 3.8) is 0 Å². The lowest BCUT2D eigenvalue weighted by atomic mass is 9.66. The summed E-state index contributed by atoms with van der Waals surface area (Å²) < 4.78 is 0. The predicted octanol–water partition coefficient (Wildman–Crippen LogP) is 5.02. The van der Waals surface area contributed by atoms with Crippen LogP contribution >= 0.6 is 0 Å². The Morgan fingerprint density at radius 3 is 2.00 bits per heavy atom. The largest absolute Gasteiger partial charge is 0.197 e. The number of allylic oxidation sites excluding steroid dienone is 4. The van der Waals surface area contributed by atoms with Gasteiger partial charge in [-0.25, -0.2) is 0 Å². The minimum Gasteiger partial charge on any atom is -0.197 e. The molecule has 0 aliphatic heterocycles. The SMILES string of the molecule is C[C@]12C(C#N)=CC3(c4ccccc4)[C@@]1(C)[C@]3(C#N)C=C2c1ccccc1. The lowest BCUT2D eigenvalue weighted by Gasteiger charge is -2.34. The maximum absolute atomic E-state index is 10.3. The van der Waals surface area contributed by atoms with E-state index in [-0.39, 0.29) is 5.41 Å². The van der Waals surface area contributed by atoms with Crippen LogP contribution in [0.5, 0.6) is 0 Å². The van der Waals surface area contributed by atoms with Crippen LogP contribution in [0, 0.1) is 38.9 Å². The lowest BCUT2D eigenvalue weighted by Crippen LogP contribution is -2.29. The standard InChI is InChI=1S/C24H18N2/c1-21-19(15-25)13-24(18-11-7-4-8-12-18)22(21,2)23(24,16-26)14-20(21)17-9-5-3-6-10-17/h3-14H,1-2H3/t21-,22-,23-,24?/m1/s1. The van der Waals surface area contributed by atoms with Crippen LogP contribution in [0.15, 0.2) is 78.4 Å². The van der Waals surface area contributed by atoms with Crippen LogP contribution in [-0.2, 0) is 5.41 Å². The van der Waals surface area contributed by atoms with E-state index in [1.165, 1.54) is 0 Å². The van der Waals surface area contributed by atoms with E-state index in [1.807, 2.05) is 36.4 Å². The monoisotopic (exact) mass is 334 g/mol. The molecule has 0 N–H and O–H groups in total. The van der Waals surface area contributed by atoms with E-state index < -0.39 is 16.2 Å². The maximum Gasteiger partial charge on any atom is 0.0974 e. The van der Waals surface area contributed by atoms with Crippen molar-refractivity contribution >= 4 is 5.57 Å². The fourth-order valence-corrected chi connectivity index (χ4v) is 6.15. The highest BCUT2D eigenvalue weighted by atomic mass is 14.9. The molecule has 2 nitrogen and oxygen atoms in total. The van der Waals surface area contributed by atoms with Gasteiger partial charge in [-0.1, -0.05) is 86.7 Å². The molecule has 1 saturated carbocycles. The number of hydrogen-bond donors (Lipinski definition) is 0. The maximum atomic E-state index is 10.3. The summed E-state index contributed by atoms with van der Waals surface area (Å²) in [4.78, 5) is 0. The summed E-state index contributed by atoms with van der Waals surface area (Å²) >= 11 is 0. The van der Waals surface area contributed by atoms with Crippen molar-refractivity contribution in [2.75, 3.05) is 0 Å². The van der Waals surface area contributed by atoms with E-state index in [0.29, 0.717) is 0 Å². The van der Waals surface area contributed by atoms with Crippen molar-refractivity contribution in [2.24, 2.45) is 16.2 Å². The zero-order chi connectivity index (χ0) is 18.2. The molecule has 0 aromatic heterocycles. The van der Waals surface area contributed by atoms with Gasteiger partial charge in [0.25, 0.3) is 0 Å². The lowest BCUT2D eigenvalue weighted by molar-refractivity contribution is 0.310. The molecule has 0 bridgehead atoms. The van der Waals surface area contributed by atoms with E-state index in [0.717, 1.165) is 22.3 Å². The van der Waals surface area contributed by atoms with E-state index in [2.05, 4.69) is 62.4 Å². The van der Waals surface area contributed by atoms with Gasteiger partial charge >= 0.3 is 0 Å².